The SMILES string of the molecule is C=CCOCCSc1ccc(-c2ccc(S(=O)(=O)c3ccc(-c4ccc(SCCOC(=O)C=C)cc4)cc3)cc2)cc1. The van der Waals surface area contributed by atoms with E-state index >= 15 is 0 Å². The van der Waals surface area contributed by atoms with Crippen molar-refractivity contribution in [2.45, 2.75) is 19.6 Å². The molecule has 0 aliphatic heterocycles. The number of sulfone groups is 1. The number of benzene rings is 4. The maximum atomic E-state index is 13.3. The normalized spacial score (nSPS) is 11.1. The van der Waals surface area contributed by atoms with E-state index in [-0.39, 0.29) is 9.79 Å². The molecular weight excluding hydrogens is 585 g/mol. The van der Waals surface area contributed by atoms with Crippen molar-refractivity contribution in [3.8, 4) is 22.3 Å². The van der Waals surface area contributed by atoms with Crippen LogP contribution in [0.2, 0.25) is 0 Å². The topological polar surface area (TPSA) is 69.7 Å². The highest BCUT2D eigenvalue weighted by Gasteiger charge is 2.18. The van der Waals surface area contributed by atoms with E-state index in [0.29, 0.717) is 25.6 Å². The summed E-state index contributed by atoms with van der Waals surface area (Å²) < 4.78 is 37.0. The van der Waals surface area contributed by atoms with E-state index in [2.05, 4.69) is 25.3 Å². The fourth-order valence-electron chi connectivity index (χ4n) is 4.02. The predicted octanol–water partition coefficient (Wildman–Crippen LogP) is 7.97. The van der Waals surface area contributed by atoms with Gasteiger partial charge < -0.3 is 9.47 Å². The van der Waals surface area contributed by atoms with Crippen molar-refractivity contribution in [2.24, 2.45) is 0 Å². The van der Waals surface area contributed by atoms with Gasteiger partial charge >= 0.3 is 5.97 Å². The zero-order chi connectivity index (χ0) is 29.8. The van der Waals surface area contributed by atoms with Gasteiger partial charge in [0.1, 0.15) is 6.61 Å². The summed E-state index contributed by atoms with van der Waals surface area (Å²) in [5.41, 5.74) is 3.88. The van der Waals surface area contributed by atoms with Gasteiger partial charge in [0, 0.05) is 27.4 Å². The van der Waals surface area contributed by atoms with Crippen molar-refractivity contribution >= 4 is 39.3 Å². The smallest absolute Gasteiger partial charge is 0.330 e. The van der Waals surface area contributed by atoms with E-state index in [1.165, 1.54) is 0 Å². The second-order valence-corrected chi connectivity index (χ2v) is 13.3. The Morgan fingerprint density at radius 2 is 1.05 bits per heavy atom. The molecule has 0 saturated heterocycles. The fraction of sp³-hybridized carbons (Fsp3) is 0.147. The fourth-order valence-corrected chi connectivity index (χ4v) is 6.78. The highest BCUT2D eigenvalue weighted by Crippen LogP contribution is 2.29. The lowest BCUT2D eigenvalue weighted by molar-refractivity contribution is -0.137. The molecule has 0 saturated carbocycles. The van der Waals surface area contributed by atoms with Gasteiger partial charge in [0.25, 0.3) is 0 Å². The Kier molecular flexibility index (Phi) is 11.7. The minimum atomic E-state index is -3.66. The van der Waals surface area contributed by atoms with E-state index in [9.17, 15) is 13.2 Å². The van der Waals surface area contributed by atoms with E-state index in [0.717, 1.165) is 43.9 Å². The van der Waals surface area contributed by atoms with Gasteiger partial charge in [0.15, 0.2) is 0 Å². The number of carbonyl (C=O) groups is 1. The number of ether oxygens (including phenoxy) is 2. The number of hydrogen-bond donors (Lipinski definition) is 0. The summed E-state index contributed by atoms with van der Waals surface area (Å²) in [4.78, 5) is 13.8. The van der Waals surface area contributed by atoms with E-state index in [4.69, 9.17) is 9.47 Å². The lowest BCUT2D eigenvalue weighted by Crippen LogP contribution is -2.03. The summed E-state index contributed by atoms with van der Waals surface area (Å²) >= 11 is 3.31. The van der Waals surface area contributed by atoms with Gasteiger partial charge in [-0.15, -0.1) is 30.1 Å². The quantitative estimate of drug-likeness (QED) is 0.0441. The summed E-state index contributed by atoms with van der Waals surface area (Å²) in [6.45, 7) is 8.57. The molecule has 0 bridgehead atoms. The highest BCUT2D eigenvalue weighted by atomic mass is 32.2. The Morgan fingerprint density at radius 1 is 0.643 bits per heavy atom. The molecular formula is C34H32O5S3. The second-order valence-electron chi connectivity index (χ2n) is 9.03. The number of hydrogen-bond acceptors (Lipinski definition) is 7. The first kappa shape index (κ1) is 31.4. The maximum Gasteiger partial charge on any atom is 0.330 e. The van der Waals surface area contributed by atoms with Crippen molar-refractivity contribution in [2.75, 3.05) is 31.3 Å². The Hall–Kier alpha value is -3.56. The van der Waals surface area contributed by atoms with E-state index < -0.39 is 15.8 Å². The second kappa shape index (κ2) is 15.6. The summed E-state index contributed by atoms with van der Waals surface area (Å²) in [6, 6.07) is 30.1. The van der Waals surface area contributed by atoms with Gasteiger partial charge in [-0.3, -0.25) is 0 Å². The molecule has 216 valence electrons. The monoisotopic (exact) mass is 616 g/mol. The Bertz CT molecular complexity index is 1580. The molecule has 4 rings (SSSR count). The van der Waals surface area contributed by atoms with Gasteiger partial charge in [-0.1, -0.05) is 61.2 Å². The first-order valence-electron chi connectivity index (χ1n) is 13.3. The molecule has 4 aromatic rings. The lowest BCUT2D eigenvalue weighted by atomic mass is 10.1. The number of carbonyl (C=O) groups excluding carboxylic acids is 1. The van der Waals surface area contributed by atoms with Crippen LogP contribution in [-0.4, -0.2) is 45.7 Å². The third-order valence-electron chi connectivity index (χ3n) is 6.20. The van der Waals surface area contributed by atoms with Crippen LogP contribution < -0.4 is 0 Å². The zero-order valence-corrected chi connectivity index (χ0v) is 25.6. The highest BCUT2D eigenvalue weighted by molar-refractivity contribution is 7.99. The first-order chi connectivity index (χ1) is 20.4. The molecule has 5 nitrogen and oxygen atoms in total. The van der Waals surface area contributed by atoms with Gasteiger partial charge in [-0.2, -0.15) is 0 Å². The minimum absolute atomic E-state index is 0.249. The molecule has 0 atom stereocenters. The third-order valence-corrected chi connectivity index (χ3v) is 9.94. The predicted molar refractivity (Wildman–Crippen MR) is 173 cm³/mol. The standard InChI is InChI=1S/C34H32O5S3/c1-3-21-38-22-24-40-30-13-5-26(6-14-30)28-9-17-32(18-10-28)42(36,37)33-19-11-29(12-20-33)27-7-15-31(16-8-27)41-25-23-39-34(35)4-2/h3-20H,1-2,21-25H2. The maximum absolute atomic E-state index is 13.3. The van der Waals surface area contributed by atoms with Gasteiger partial charge in [-0.25, -0.2) is 13.2 Å². The van der Waals surface area contributed by atoms with Gasteiger partial charge in [0.05, 0.1) is 23.0 Å². The average Bonchev–Trinajstić information content (AvgIpc) is 3.03. The van der Waals surface area contributed by atoms with Crippen LogP contribution in [0.1, 0.15) is 0 Å². The molecule has 0 fully saturated rings. The molecule has 42 heavy (non-hydrogen) atoms. The van der Waals surface area contributed by atoms with Crippen molar-refractivity contribution in [1.82, 2.24) is 0 Å². The number of esters is 1. The largest absolute Gasteiger partial charge is 0.462 e. The summed E-state index contributed by atoms with van der Waals surface area (Å²) in [7, 11) is -3.66. The average molecular weight is 617 g/mol. The van der Waals surface area contributed by atoms with Crippen LogP contribution in [-0.2, 0) is 24.1 Å². The number of thioether (sulfide) groups is 2. The van der Waals surface area contributed by atoms with Crippen LogP contribution in [0.5, 0.6) is 0 Å². The van der Waals surface area contributed by atoms with Crippen molar-refractivity contribution < 1.29 is 22.7 Å². The van der Waals surface area contributed by atoms with Crippen LogP contribution in [0, 0.1) is 0 Å². The van der Waals surface area contributed by atoms with Gasteiger partial charge in [-0.05, 0) is 70.8 Å². The van der Waals surface area contributed by atoms with Crippen molar-refractivity contribution in [3.05, 3.63) is 122 Å². The summed E-state index contributed by atoms with van der Waals surface area (Å²) in [6.07, 6.45) is 2.89. The lowest BCUT2D eigenvalue weighted by Gasteiger charge is -2.09. The van der Waals surface area contributed by atoms with Crippen LogP contribution in [0.25, 0.3) is 22.3 Å². The molecule has 0 aliphatic carbocycles. The molecule has 0 radical (unpaired) electrons. The minimum Gasteiger partial charge on any atom is -0.462 e. The zero-order valence-electron chi connectivity index (χ0n) is 23.1. The Labute approximate surface area is 256 Å². The molecule has 8 heteroatoms. The molecule has 0 heterocycles. The molecule has 0 spiro atoms. The van der Waals surface area contributed by atoms with Crippen LogP contribution in [0.3, 0.4) is 0 Å². The van der Waals surface area contributed by atoms with Gasteiger partial charge in [0.2, 0.25) is 9.84 Å². The number of rotatable bonds is 15. The Balaban J connectivity index is 1.35. The van der Waals surface area contributed by atoms with Crippen LogP contribution in [0.15, 0.2) is 142 Å². The van der Waals surface area contributed by atoms with E-state index in [1.54, 1.807) is 53.9 Å². The van der Waals surface area contributed by atoms with Crippen LogP contribution >= 0.6 is 23.5 Å². The first-order valence-corrected chi connectivity index (χ1v) is 16.8. The molecule has 0 aliphatic rings. The summed E-state index contributed by atoms with van der Waals surface area (Å²) in [5, 5.41) is 0. The van der Waals surface area contributed by atoms with E-state index in [1.807, 2.05) is 60.7 Å². The third kappa shape index (κ3) is 8.72. The Morgan fingerprint density at radius 3 is 1.45 bits per heavy atom. The van der Waals surface area contributed by atoms with Crippen molar-refractivity contribution in [1.29, 1.82) is 0 Å². The summed E-state index contributed by atoms with van der Waals surface area (Å²) in [5.74, 6) is 1.08. The molecule has 0 amide bonds. The molecule has 4 aromatic carbocycles. The molecule has 0 N–H and O–H groups in total. The van der Waals surface area contributed by atoms with Crippen molar-refractivity contribution in [3.63, 3.8) is 0 Å². The van der Waals surface area contributed by atoms with Crippen LogP contribution in [0.4, 0.5) is 0 Å². The molecule has 0 aromatic heterocycles. The molecule has 0 unspecified atom stereocenters.